The van der Waals surface area contributed by atoms with Gasteiger partial charge in [0.1, 0.15) is 5.75 Å². The van der Waals surface area contributed by atoms with Gasteiger partial charge in [-0.15, -0.1) is 0 Å². The molecule has 0 aliphatic heterocycles. The van der Waals surface area contributed by atoms with Crippen LogP contribution in [0.2, 0.25) is 0 Å². The first-order valence-electron chi connectivity index (χ1n) is 4.36. The van der Waals surface area contributed by atoms with E-state index in [0.717, 1.165) is 3.57 Å². The van der Waals surface area contributed by atoms with Crippen LogP contribution in [-0.4, -0.2) is 9.97 Å². The third-order valence-electron chi connectivity index (χ3n) is 1.76. The quantitative estimate of drug-likeness (QED) is 0.798. The summed E-state index contributed by atoms with van der Waals surface area (Å²) in [4.78, 5) is 7.82. The average molecular weight is 392 g/mol. The highest BCUT2D eigenvalue weighted by atomic mass is 127. The van der Waals surface area contributed by atoms with Gasteiger partial charge in [0, 0.05) is 3.57 Å². The Labute approximate surface area is 115 Å². The normalized spacial score (nSPS) is 10.1. The van der Waals surface area contributed by atoms with Crippen molar-refractivity contribution in [3.8, 4) is 11.6 Å². The Morgan fingerprint density at radius 2 is 1.94 bits per heavy atom. The monoisotopic (exact) mass is 391 g/mol. The van der Waals surface area contributed by atoms with Gasteiger partial charge in [0.15, 0.2) is 0 Å². The van der Waals surface area contributed by atoms with Crippen molar-refractivity contribution >= 4 is 44.5 Å². The van der Waals surface area contributed by atoms with Crippen LogP contribution in [-0.2, 0) is 0 Å². The Morgan fingerprint density at radius 1 is 1.25 bits per heavy atom. The van der Waals surface area contributed by atoms with Crippen LogP contribution in [0.3, 0.4) is 0 Å². The van der Waals surface area contributed by atoms with Crippen molar-refractivity contribution in [2.75, 3.05) is 5.73 Å². The second-order valence-electron chi connectivity index (χ2n) is 2.94. The predicted octanol–water partition coefficient (Wildman–Crippen LogP) is 3.22. The second-order valence-corrected chi connectivity index (χ2v) is 5.04. The van der Waals surface area contributed by atoms with Crippen molar-refractivity contribution in [2.45, 2.75) is 0 Å². The van der Waals surface area contributed by atoms with E-state index in [1.54, 1.807) is 6.20 Å². The standard InChI is InChI=1S/C10H7BrIN3O/c11-8-5-14-10(13)15-9(8)16-7-3-1-6(12)2-4-7/h1-5H,(H2,13,14,15). The van der Waals surface area contributed by atoms with Gasteiger partial charge >= 0.3 is 0 Å². The number of hydrogen-bond acceptors (Lipinski definition) is 4. The molecule has 0 aliphatic carbocycles. The summed E-state index contributed by atoms with van der Waals surface area (Å²) in [6.07, 6.45) is 1.56. The maximum atomic E-state index is 5.56. The summed E-state index contributed by atoms with van der Waals surface area (Å²) in [6.45, 7) is 0. The third kappa shape index (κ3) is 2.82. The molecule has 1 aromatic heterocycles. The highest BCUT2D eigenvalue weighted by Crippen LogP contribution is 2.27. The number of anilines is 1. The Balaban J connectivity index is 2.26. The zero-order valence-corrected chi connectivity index (χ0v) is 11.8. The van der Waals surface area contributed by atoms with Gasteiger partial charge in [-0.3, -0.25) is 0 Å². The van der Waals surface area contributed by atoms with Gasteiger partial charge in [0.05, 0.1) is 10.7 Å². The molecule has 0 bridgehead atoms. The van der Waals surface area contributed by atoms with Crippen LogP contribution >= 0.6 is 38.5 Å². The van der Waals surface area contributed by atoms with Crippen LogP contribution in [0.4, 0.5) is 5.95 Å². The summed E-state index contributed by atoms with van der Waals surface area (Å²) in [5, 5.41) is 0. The predicted molar refractivity (Wildman–Crippen MR) is 73.4 cm³/mol. The molecule has 2 rings (SSSR count). The minimum absolute atomic E-state index is 0.184. The largest absolute Gasteiger partial charge is 0.438 e. The molecular formula is C10H7BrIN3O. The highest BCUT2D eigenvalue weighted by molar-refractivity contribution is 14.1. The van der Waals surface area contributed by atoms with Crippen LogP contribution < -0.4 is 10.5 Å². The molecule has 0 saturated carbocycles. The molecule has 1 heterocycles. The first kappa shape index (κ1) is 11.6. The summed E-state index contributed by atoms with van der Waals surface area (Å²) >= 11 is 5.52. The topological polar surface area (TPSA) is 61.0 Å². The zero-order valence-electron chi connectivity index (χ0n) is 8.02. The molecule has 0 fully saturated rings. The minimum Gasteiger partial charge on any atom is -0.438 e. The molecule has 0 aliphatic rings. The Hall–Kier alpha value is -0.890. The van der Waals surface area contributed by atoms with Gasteiger partial charge < -0.3 is 10.5 Å². The summed E-state index contributed by atoms with van der Waals surface area (Å²) in [7, 11) is 0. The summed E-state index contributed by atoms with van der Waals surface area (Å²) < 4.78 is 7.38. The highest BCUT2D eigenvalue weighted by Gasteiger charge is 2.05. The Kier molecular flexibility index (Phi) is 3.59. The van der Waals surface area contributed by atoms with E-state index >= 15 is 0 Å². The number of nitrogen functional groups attached to an aromatic ring is 1. The molecule has 0 unspecified atom stereocenters. The lowest BCUT2D eigenvalue weighted by Gasteiger charge is -2.06. The van der Waals surface area contributed by atoms with Crippen molar-refractivity contribution in [1.29, 1.82) is 0 Å². The van der Waals surface area contributed by atoms with Crippen molar-refractivity contribution in [1.82, 2.24) is 9.97 Å². The van der Waals surface area contributed by atoms with Crippen LogP contribution in [0.1, 0.15) is 0 Å². The third-order valence-corrected chi connectivity index (χ3v) is 3.02. The van der Waals surface area contributed by atoms with Gasteiger partial charge in [0.25, 0.3) is 0 Å². The number of benzene rings is 1. The van der Waals surface area contributed by atoms with Crippen LogP contribution in [0.5, 0.6) is 11.6 Å². The van der Waals surface area contributed by atoms with Gasteiger partial charge in [-0.05, 0) is 62.8 Å². The van der Waals surface area contributed by atoms with E-state index in [1.165, 1.54) is 0 Å². The van der Waals surface area contributed by atoms with Crippen LogP contribution in [0, 0.1) is 3.57 Å². The molecule has 4 nitrogen and oxygen atoms in total. The van der Waals surface area contributed by atoms with Crippen LogP contribution in [0.15, 0.2) is 34.9 Å². The van der Waals surface area contributed by atoms with Crippen LogP contribution in [0.25, 0.3) is 0 Å². The fourth-order valence-corrected chi connectivity index (χ4v) is 1.68. The first-order valence-corrected chi connectivity index (χ1v) is 6.24. The zero-order chi connectivity index (χ0) is 11.5. The molecular weight excluding hydrogens is 385 g/mol. The molecule has 16 heavy (non-hydrogen) atoms. The SMILES string of the molecule is Nc1ncc(Br)c(Oc2ccc(I)cc2)n1. The molecule has 0 radical (unpaired) electrons. The fourth-order valence-electron chi connectivity index (χ4n) is 1.05. The van der Waals surface area contributed by atoms with E-state index in [9.17, 15) is 0 Å². The molecule has 2 aromatic rings. The maximum Gasteiger partial charge on any atom is 0.238 e. The van der Waals surface area contributed by atoms with Gasteiger partial charge in [-0.1, -0.05) is 0 Å². The van der Waals surface area contributed by atoms with E-state index in [2.05, 4.69) is 48.5 Å². The second kappa shape index (κ2) is 4.96. The van der Waals surface area contributed by atoms with E-state index < -0.39 is 0 Å². The smallest absolute Gasteiger partial charge is 0.238 e. The van der Waals surface area contributed by atoms with Crippen molar-refractivity contribution in [3.63, 3.8) is 0 Å². The van der Waals surface area contributed by atoms with Crippen molar-refractivity contribution in [2.24, 2.45) is 0 Å². The maximum absolute atomic E-state index is 5.56. The summed E-state index contributed by atoms with van der Waals surface area (Å²) in [5.41, 5.74) is 5.48. The average Bonchev–Trinajstić information content (AvgIpc) is 2.27. The molecule has 0 spiro atoms. The molecule has 0 saturated heterocycles. The Bertz CT molecular complexity index is 504. The lowest BCUT2D eigenvalue weighted by Crippen LogP contribution is -1.97. The number of rotatable bonds is 2. The van der Waals surface area contributed by atoms with E-state index in [4.69, 9.17) is 10.5 Å². The molecule has 82 valence electrons. The van der Waals surface area contributed by atoms with E-state index in [-0.39, 0.29) is 5.95 Å². The number of nitrogens with two attached hydrogens (primary N) is 1. The fraction of sp³-hybridized carbons (Fsp3) is 0. The number of hydrogen-bond donors (Lipinski definition) is 1. The minimum atomic E-state index is 0.184. The Morgan fingerprint density at radius 3 is 2.62 bits per heavy atom. The number of aromatic nitrogens is 2. The summed E-state index contributed by atoms with van der Waals surface area (Å²) in [5.74, 6) is 1.30. The lowest BCUT2D eigenvalue weighted by atomic mass is 10.3. The first-order chi connectivity index (χ1) is 7.65. The lowest BCUT2D eigenvalue weighted by molar-refractivity contribution is 0.459. The van der Waals surface area contributed by atoms with Gasteiger partial charge in [-0.25, -0.2) is 4.98 Å². The van der Waals surface area contributed by atoms with Crippen molar-refractivity contribution in [3.05, 3.63) is 38.5 Å². The molecule has 0 amide bonds. The van der Waals surface area contributed by atoms with Gasteiger partial charge in [0.2, 0.25) is 11.8 Å². The molecule has 0 atom stereocenters. The van der Waals surface area contributed by atoms with E-state index in [1.807, 2.05) is 24.3 Å². The number of halogens is 2. The molecule has 1 aromatic carbocycles. The number of nitrogens with zero attached hydrogens (tertiary/aromatic N) is 2. The summed E-state index contributed by atoms with van der Waals surface area (Å²) in [6, 6.07) is 7.64. The molecule has 2 N–H and O–H groups in total. The van der Waals surface area contributed by atoms with Gasteiger partial charge in [-0.2, -0.15) is 4.98 Å². The number of ether oxygens (including phenoxy) is 1. The van der Waals surface area contributed by atoms with E-state index in [0.29, 0.717) is 16.1 Å². The van der Waals surface area contributed by atoms with Crippen molar-refractivity contribution < 1.29 is 4.74 Å². The molecule has 6 heteroatoms.